The Morgan fingerprint density at radius 2 is 1.81 bits per heavy atom. The lowest BCUT2D eigenvalue weighted by Crippen LogP contribution is -2.21. The Labute approximate surface area is 210 Å². The van der Waals surface area contributed by atoms with Crippen molar-refractivity contribution in [1.82, 2.24) is 10.5 Å². The fraction of sp³-hybridized carbons (Fsp3) is 0.0800. The van der Waals surface area contributed by atoms with E-state index in [1.165, 1.54) is 30.7 Å². The third kappa shape index (κ3) is 4.65. The zero-order valence-electron chi connectivity index (χ0n) is 18.3. The number of anilines is 1. The molecule has 1 atom stereocenters. The largest absolute Gasteiger partial charge is 0.416 e. The fourth-order valence-electron chi connectivity index (χ4n) is 4.10. The number of amides is 2. The number of aromatic nitrogens is 1. The summed E-state index contributed by atoms with van der Waals surface area (Å²) in [6.07, 6.45) is -2.26. The van der Waals surface area contributed by atoms with Crippen LogP contribution >= 0.6 is 11.6 Å². The second-order valence-electron chi connectivity index (χ2n) is 8.15. The molecule has 1 aliphatic rings. The average Bonchev–Trinajstić information content (AvgIpc) is 3.48. The number of hydrogen-bond donors (Lipinski definition) is 2. The highest BCUT2D eigenvalue weighted by molar-refractivity contribution is 6.31. The number of benzene rings is 3. The van der Waals surface area contributed by atoms with Gasteiger partial charge in [0, 0.05) is 38.5 Å². The SMILES string of the molecule is O=C(Nc1cc(-c2cnoc2)cc2c1C(c1cc(F)ccc1Cl)NC2=O)c1cc(F)cc(C(F)(F)F)c1. The van der Waals surface area contributed by atoms with Crippen molar-refractivity contribution in [1.29, 1.82) is 0 Å². The number of rotatable bonds is 4. The van der Waals surface area contributed by atoms with Crippen LogP contribution in [0.25, 0.3) is 11.1 Å². The Kier molecular flexibility index (Phi) is 5.95. The highest BCUT2D eigenvalue weighted by atomic mass is 35.5. The van der Waals surface area contributed by atoms with Gasteiger partial charge in [-0.05, 0) is 54.1 Å². The van der Waals surface area contributed by atoms with E-state index in [4.69, 9.17) is 16.1 Å². The van der Waals surface area contributed by atoms with Crippen LogP contribution in [0, 0.1) is 11.6 Å². The van der Waals surface area contributed by atoms with Gasteiger partial charge in [0.15, 0.2) is 0 Å². The molecule has 1 aromatic heterocycles. The molecule has 37 heavy (non-hydrogen) atoms. The number of hydrogen-bond acceptors (Lipinski definition) is 4. The number of nitrogens with one attached hydrogen (secondary N) is 2. The Morgan fingerprint density at radius 3 is 2.51 bits per heavy atom. The van der Waals surface area contributed by atoms with E-state index in [1.54, 1.807) is 0 Å². The molecule has 0 saturated heterocycles. The van der Waals surface area contributed by atoms with E-state index in [0.717, 1.165) is 12.1 Å². The van der Waals surface area contributed by atoms with Crippen molar-refractivity contribution in [3.8, 4) is 11.1 Å². The molecule has 2 heterocycles. The van der Waals surface area contributed by atoms with Crippen molar-refractivity contribution in [2.75, 3.05) is 5.32 Å². The molecule has 0 radical (unpaired) electrons. The van der Waals surface area contributed by atoms with E-state index < -0.39 is 46.8 Å². The first-order valence-electron chi connectivity index (χ1n) is 10.5. The third-order valence-electron chi connectivity index (χ3n) is 5.76. The van der Waals surface area contributed by atoms with E-state index in [0.29, 0.717) is 23.3 Å². The Bertz CT molecular complexity index is 1550. The summed E-state index contributed by atoms with van der Waals surface area (Å²) < 4.78 is 72.4. The van der Waals surface area contributed by atoms with Crippen molar-refractivity contribution in [3.05, 3.63) is 105 Å². The van der Waals surface area contributed by atoms with Crippen molar-refractivity contribution in [2.24, 2.45) is 0 Å². The van der Waals surface area contributed by atoms with Crippen LogP contribution in [0.4, 0.5) is 27.6 Å². The molecule has 1 aliphatic heterocycles. The van der Waals surface area contributed by atoms with Gasteiger partial charge >= 0.3 is 6.18 Å². The minimum atomic E-state index is -4.89. The Hall–Kier alpha value is -4.25. The van der Waals surface area contributed by atoms with Gasteiger partial charge < -0.3 is 15.2 Å². The van der Waals surface area contributed by atoms with Crippen LogP contribution in [-0.4, -0.2) is 17.0 Å². The average molecular weight is 534 g/mol. The molecule has 0 fully saturated rings. The number of carbonyl (C=O) groups excluding carboxylic acids is 2. The monoisotopic (exact) mass is 533 g/mol. The molecule has 0 saturated carbocycles. The number of alkyl halides is 3. The van der Waals surface area contributed by atoms with Crippen molar-refractivity contribution in [3.63, 3.8) is 0 Å². The predicted octanol–water partition coefficient (Wildman–Crippen LogP) is 6.38. The summed E-state index contributed by atoms with van der Waals surface area (Å²) in [4.78, 5) is 25.9. The van der Waals surface area contributed by atoms with Crippen molar-refractivity contribution >= 4 is 29.1 Å². The zero-order valence-corrected chi connectivity index (χ0v) is 19.0. The minimum Gasteiger partial charge on any atom is -0.364 e. The summed E-state index contributed by atoms with van der Waals surface area (Å²) in [6, 6.07) is 6.89. The summed E-state index contributed by atoms with van der Waals surface area (Å²) >= 11 is 6.26. The lowest BCUT2D eigenvalue weighted by atomic mass is 9.93. The Morgan fingerprint density at radius 1 is 1.03 bits per heavy atom. The number of carbonyl (C=O) groups is 2. The normalized spacial score (nSPS) is 14.9. The zero-order chi connectivity index (χ0) is 26.5. The molecule has 2 N–H and O–H groups in total. The van der Waals surface area contributed by atoms with Gasteiger partial charge in [0.1, 0.15) is 17.9 Å². The van der Waals surface area contributed by atoms with Crippen LogP contribution in [0.5, 0.6) is 0 Å². The molecule has 0 bridgehead atoms. The Balaban J connectivity index is 1.65. The summed E-state index contributed by atoms with van der Waals surface area (Å²) in [5.41, 5.74) is -0.660. The fourth-order valence-corrected chi connectivity index (χ4v) is 4.33. The highest BCUT2D eigenvalue weighted by Gasteiger charge is 2.36. The van der Waals surface area contributed by atoms with E-state index in [9.17, 15) is 31.5 Å². The second kappa shape index (κ2) is 9.00. The van der Waals surface area contributed by atoms with Gasteiger partial charge in [0.25, 0.3) is 11.8 Å². The van der Waals surface area contributed by atoms with Crippen LogP contribution in [-0.2, 0) is 6.18 Å². The van der Waals surface area contributed by atoms with Crippen LogP contribution in [0.15, 0.2) is 65.5 Å². The van der Waals surface area contributed by atoms with Gasteiger partial charge in [-0.25, -0.2) is 8.78 Å². The molecule has 12 heteroatoms. The van der Waals surface area contributed by atoms with Gasteiger partial charge in [-0.2, -0.15) is 13.2 Å². The number of fused-ring (bicyclic) bond motifs is 1. The lowest BCUT2D eigenvalue weighted by molar-refractivity contribution is -0.137. The van der Waals surface area contributed by atoms with Gasteiger partial charge in [0.05, 0.1) is 17.8 Å². The minimum absolute atomic E-state index is 0.000183. The predicted molar refractivity (Wildman–Crippen MR) is 122 cm³/mol. The number of halogens is 6. The molecular weight excluding hydrogens is 521 g/mol. The second-order valence-corrected chi connectivity index (χ2v) is 8.56. The molecule has 3 aromatic carbocycles. The quantitative estimate of drug-likeness (QED) is 0.298. The van der Waals surface area contributed by atoms with Crippen LogP contribution < -0.4 is 10.6 Å². The smallest absolute Gasteiger partial charge is 0.364 e. The first-order valence-corrected chi connectivity index (χ1v) is 10.9. The first kappa shape index (κ1) is 24.4. The molecule has 2 amide bonds. The summed E-state index contributed by atoms with van der Waals surface area (Å²) in [5.74, 6) is -3.53. The van der Waals surface area contributed by atoms with Crippen LogP contribution in [0.3, 0.4) is 0 Å². The molecule has 188 valence electrons. The lowest BCUT2D eigenvalue weighted by Gasteiger charge is -2.19. The molecule has 5 rings (SSSR count). The van der Waals surface area contributed by atoms with E-state index in [2.05, 4.69) is 15.8 Å². The maximum atomic E-state index is 14.0. The third-order valence-corrected chi connectivity index (χ3v) is 6.10. The highest BCUT2D eigenvalue weighted by Crippen LogP contribution is 2.42. The van der Waals surface area contributed by atoms with Crippen LogP contribution in [0.1, 0.15) is 43.4 Å². The van der Waals surface area contributed by atoms with E-state index >= 15 is 0 Å². The molecule has 4 aromatic rings. The van der Waals surface area contributed by atoms with Crippen molar-refractivity contribution in [2.45, 2.75) is 12.2 Å². The molecule has 6 nitrogen and oxygen atoms in total. The maximum absolute atomic E-state index is 14.0. The molecule has 0 aliphatic carbocycles. The van der Waals surface area contributed by atoms with E-state index in [1.807, 2.05) is 0 Å². The van der Waals surface area contributed by atoms with Gasteiger partial charge in [-0.3, -0.25) is 9.59 Å². The molecular formula is C25H13ClF5N3O3. The summed E-state index contributed by atoms with van der Waals surface area (Å²) in [5, 5.41) is 8.88. The topological polar surface area (TPSA) is 84.2 Å². The maximum Gasteiger partial charge on any atom is 0.416 e. The van der Waals surface area contributed by atoms with Crippen LogP contribution in [0.2, 0.25) is 5.02 Å². The van der Waals surface area contributed by atoms with Gasteiger partial charge in [0.2, 0.25) is 0 Å². The van der Waals surface area contributed by atoms with Crippen molar-refractivity contribution < 1.29 is 36.1 Å². The van der Waals surface area contributed by atoms with E-state index in [-0.39, 0.29) is 33.5 Å². The van der Waals surface area contributed by atoms with Gasteiger partial charge in [-0.1, -0.05) is 16.8 Å². The van der Waals surface area contributed by atoms with Gasteiger partial charge in [-0.15, -0.1) is 0 Å². The standard InChI is InChI=1S/C25H13ClF5N3O3/c26-19-2-1-15(27)8-17(19)22-21-18(24(36)34-22)5-11(13-9-32-37-10-13)6-20(21)33-23(35)12-3-14(25(29,30)31)7-16(28)4-12/h1-10,22H,(H,33,35)(H,34,36). The summed E-state index contributed by atoms with van der Waals surface area (Å²) in [7, 11) is 0. The molecule has 0 spiro atoms. The summed E-state index contributed by atoms with van der Waals surface area (Å²) in [6.45, 7) is 0. The first-order chi connectivity index (χ1) is 17.5. The molecule has 1 unspecified atom stereocenters. The number of nitrogens with zero attached hydrogens (tertiary/aromatic N) is 1.